The van der Waals surface area contributed by atoms with Crippen LogP contribution in [0.25, 0.3) is 0 Å². The second kappa shape index (κ2) is 6.26. The maximum Gasteiger partial charge on any atom is 0.231 e. The molecule has 0 amide bonds. The molecule has 3 aromatic rings. The summed E-state index contributed by atoms with van der Waals surface area (Å²) in [6.07, 6.45) is 2.36. The van der Waals surface area contributed by atoms with Crippen molar-refractivity contribution in [3.8, 4) is 0 Å². The number of benzene rings is 1. The van der Waals surface area contributed by atoms with Gasteiger partial charge in [0.15, 0.2) is 5.76 Å². The molecule has 0 bridgehead atoms. The normalized spacial score (nSPS) is 14.5. The van der Waals surface area contributed by atoms with E-state index in [9.17, 15) is 4.79 Å². The molecule has 0 saturated heterocycles. The zero-order chi connectivity index (χ0) is 16.5. The number of carbonyl (C=O) groups is 1. The summed E-state index contributed by atoms with van der Waals surface area (Å²) in [5.74, 6) is 0.250. The van der Waals surface area contributed by atoms with Crippen LogP contribution >= 0.6 is 11.3 Å². The van der Waals surface area contributed by atoms with Crippen LogP contribution in [0.1, 0.15) is 32.1 Å². The minimum absolute atomic E-state index is 0.105. The fourth-order valence-electron chi connectivity index (χ4n) is 3.23. The van der Waals surface area contributed by atoms with Gasteiger partial charge < -0.3 is 10.2 Å². The van der Waals surface area contributed by atoms with Gasteiger partial charge in [-0.3, -0.25) is 9.69 Å². The maximum absolute atomic E-state index is 12.7. The summed E-state index contributed by atoms with van der Waals surface area (Å²) < 4.78 is 5.25. The van der Waals surface area contributed by atoms with Crippen LogP contribution < -0.4 is 5.73 Å². The van der Waals surface area contributed by atoms with Crippen LogP contribution in [0.15, 0.2) is 53.1 Å². The Balaban J connectivity index is 1.58. The Morgan fingerprint density at radius 1 is 1.21 bits per heavy atom. The summed E-state index contributed by atoms with van der Waals surface area (Å²) in [5.41, 5.74) is 9.21. The van der Waals surface area contributed by atoms with Gasteiger partial charge in [-0.1, -0.05) is 30.3 Å². The number of fused-ring (bicyclic) bond motifs is 1. The molecule has 5 heteroatoms. The van der Waals surface area contributed by atoms with Gasteiger partial charge in [-0.25, -0.2) is 0 Å². The molecule has 122 valence electrons. The number of nitrogens with zero attached hydrogens (tertiary/aromatic N) is 1. The molecule has 24 heavy (non-hydrogen) atoms. The minimum Gasteiger partial charge on any atom is -0.461 e. The van der Waals surface area contributed by atoms with Gasteiger partial charge in [-0.05, 0) is 29.7 Å². The van der Waals surface area contributed by atoms with Crippen molar-refractivity contribution < 1.29 is 9.21 Å². The number of furan rings is 1. The first-order valence-corrected chi connectivity index (χ1v) is 8.78. The number of thiophene rings is 1. The third-order valence-corrected chi connectivity index (χ3v) is 5.43. The van der Waals surface area contributed by atoms with E-state index in [4.69, 9.17) is 10.2 Å². The van der Waals surface area contributed by atoms with E-state index in [1.807, 2.05) is 6.07 Å². The summed E-state index contributed by atoms with van der Waals surface area (Å²) >= 11 is 1.53. The Kier molecular flexibility index (Phi) is 3.96. The van der Waals surface area contributed by atoms with Crippen LogP contribution in [0.4, 0.5) is 5.00 Å². The highest BCUT2D eigenvalue weighted by Crippen LogP contribution is 2.36. The number of hydrogen-bond donors (Lipinski definition) is 1. The van der Waals surface area contributed by atoms with E-state index in [1.54, 1.807) is 12.1 Å². The van der Waals surface area contributed by atoms with E-state index in [0.29, 0.717) is 16.3 Å². The quantitative estimate of drug-likeness (QED) is 0.737. The van der Waals surface area contributed by atoms with Crippen LogP contribution in [0.3, 0.4) is 0 Å². The largest absolute Gasteiger partial charge is 0.461 e. The highest BCUT2D eigenvalue weighted by atomic mass is 32.1. The number of hydrogen-bond acceptors (Lipinski definition) is 5. The summed E-state index contributed by atoms with van der Waals surface area (Å²) in [7, 11) is 0. The van der Waals surface area contributed by atoms with Crippen molar-refractivity contribution in [1.29, 1.82) is 0 Å². The molecular formula is C19H18N2O2S. The molecule has 1 aliphatic rings. The smallest absolute Gasteiger partial charge is 0.231 e. The molecule has 0 atom stereocenters. The summed E-state index contributed by atoms with van der Waals surface area (Å²) in [5, 5.41) is 0.600. The molecule has 2 N–H and O–H groups in total. The van der Waals surface area contributed by atoms with Crippen molar-refractivity contribution in [1.82, 2.24) is 4.90 Å². The molecule has 0 aliphatic carbocycles. The van der Waals surface area contributed by atoms with Crippen molar-refractivity contribution in [2.24, 2.45) is 0 Å². The lowest BCUT2D eigenvalue weighted by Crippen LogP contribution is -2.29. The maximum atomic E-state index is 12.7. The van der Waals surface area contributed by atoms with Gasteiger partial charge in [0.25, 0.3) is 0 Å². The van der Waals surface area contributed by atoms with E-state index in [1.165, 1.54) is 28.0 Å². The van der Waals surface area contributed by atoms with E-state index in [-0.39, 0.29) is 5.78 Å². The van der Waals surface area contributed by atoms with Crippen LogP contribution in [-0.4, -0.2) is 17.2 Å². The average Bonchev–Trinajstić information content (AvgIpc) is 3.22. The SMILES string of the molecule is Nc1sc2c(c1C(=O)c1ccco1)CCN(Cc1ccccc1)C2. The highest BCUT2D eigenvalue weighted by Gasteiger charge is 2.28. The molecular weight excluding hydrogens is 320 g/mol. The highest BCUT2D eigenvalue weighted by molar-refractivity contribution is 7.16. The third-order valence-electron chi connectivity index (χ3n) is 4.38. The standard InChI is InChI=1S/C19H18N2O2S/c20-19-17(18(22)15-7-4-10-23-15)14-8-9-21(12-16(14)24-19)11-13-5-2-1-3-6-13/h1-7,10H,8-9,11-12,20H2. The van der Waals surface area contributed by atoms with Gasteiger partial charge >= 0.3 is 0 Å². The Labute approximate surface area is 144 Å². The first-order valence-electron chi connectivity index (χ1n) is 7.97. The van der Waals surface area contributed by atoms with Crippen molar-refractivity contribution in [3.05, 3.63) is 76.1 Å². The fourth-order valence-corrected chi connectivity index (χ4v) is 4.39. The molecule has 1 aromatic carbocycles. The molecule has 1 aliphatic heterocycles. The Bertz CT molecular complexity index is 853. The van der Waals surface area contributed by atoms with Gasteiger partial charge in [0, 0.05) is 24.5 Å². The van der Waals surface area contributed by atoms with E-state index < -0.39 is 0 Å². The van der Waals surface area contributed by atoms with Crippen LogP contribution in [-0.2, 0) is 19.5 Å². The van der Waals surface area contributed by atoms with E-state index >= 15 is 0 Å². The Morgan fingerprint density at radius 2 is 2.04 bits per heavy atom. The van der Waals surface area contributed by atoms with Crippen LogP contribution in [0, 0.1) is 0 Å². The summed E-state index contributed by atoms with van der Waals surface area (Å²) in [6, 6.07) is 13.9. The molecule has 4 rings (SSSR count). The molecule has 0 unspecified atom stereocenters. The molecule has 2 aromatic heterocycles. The average molecular weight is 338 g/mol. The van der Waals surface area contributed by atoms with Crippen molar-refractivity contribution in [2.45, 2.75) is 19.5 Å². The molecule has 4 nitrogen and oxygen atoms in total. The van der Waals surface area contributed by atoms with Crippen LogP contribution in [0.5, 0.6) is 0 Å². The predicted molar refractivity (Wildman–Crippen MR) is 95.1 cm³/mol. The Hall–Kier alpha value is -2.37. The van der Waals surface area contributed by atoms with Gasteiger partial charge in [-0.15, -0.1) is 11.3 Å². The molecule has 0 radical (unpaired) electrons. The molecule has 3 heterocycles. The number of carbonyl (C=O) groups excluding carboxylic acids is 1. The van der Waals surface area contributed by atoms with Gasteiger partial charge in [0.05, 0.1) is 16.8 Å². The zero-order valence-electron chi connectivity index (χ0n) is 13.2. The van der Waals surface area contributed by atoms with E-state index in [2.05, 4.69) is 29.2 Å². The molecule has 0 saturated carbocycles. The number of nitrogen functional groups attached to an aromatic ring is 1. The lowest BCUT2D eigenvalue weighted by atomic mass is 9.98. The summed E-state index contributed by atoms with van der Waals surface area (Å²) in [4.78, 5) is 16.2. The number of anilines is 1. The lowest BCUT2D eigenvalue weighted by Gasteiger charge is -2.27. The van der Waals surface area contributed by atoms with Crippen LogP contribution in [0.2, 0.25) is 0 Å². The van der Waals surface area contributed by atoms with Crippen molar-refractivity contribution >= 4 is 22.1 Å². The predicted octanol–water partition coefficient (Wildman–Crippen LogP) is 3.71. The lowest BCUT2D eigenvalue weighted by molar-refractivity contribution is 0.101. The molecule has 0 fully saturated rings. The second-order valence-electron chi connectivity index (χ2n) is 6.00. The minimum atomic E-state index is -0.105. The first-order chi connectivity index (χ1) is 11.7. The summed E-state index contributed by atoms with van der Waals surface area (Å²) in [6.45, 7) is 2.68. The van der Waals surface area contributed by atoms with Gasteiger partial charge in [-0.2, -0.15) is 0 Å². The number of rotatable bonds is 4. The van der Waals surface area contributed by atoms with Gasteiger partial charge in [0.1, 0.15) is 0 Å². The van der Waals surface area contributed by atoms with Crippen molar-refractivity contribution in [2.75, 3.05) is 12.3 Å². The second-order valence-corrected chi connectivity index (χ2v) is 7.13. The monoisotopic (exact) mass is 338 g/mol. The van der Waals surface area contributed by atoms with Gasteiger partial charge in [0.2, 0.25) is 5.78 Å². The zero-order valence-corrected chi connectivity index (χ0v) is 14.0. The third kappa shape index (κ3) is 2.77. The topological polar surface area (TPSA) is 59.5 Å². The molecule has 0 spiro atoms. The first kappa shape index (κ1) is 15.2. The fraction of sp³-hybridized carbons (Fsp3) is 0.211. The number of nitrogens with two attached hydrogens (primary N) is 1. The Morgan fingerprint density at radius 3 is 2.79 bits per heavy atom. The van der Waals surface area contributed by atoms with E-state index in [0.717, 1.165) is 31.6 Å². The number of ketones is 1. The van der Waals surface area contributed by atoms with Crippen molar-refractivity contribution in [3.63, 3.8) is 0 Å².